The van der Waals surface area contributed by atoms with Crippen LogP contribution in [-0.2, 0) is 13.5 Å². The number of aromatic nitrogens is 3. The van der Waals surface area contributed by atoms with Crippen LogP contribution in [0, 0.1) is 6.92 Å². The lowest BCUT2D eigenvalue weighted by Crippen LogP contribution is -2.49. The van der Waals surface area contributed by atoms with Crippen LogP contribution in [-0.4, -0.2) is 56.3 Å². The molecule has 3 heterocycles. The van der Waals surface area contributed by atoms with E-state index in [0.717, 1.165) is 55.5 Å². The third-order valence-corrected chi connectivity index (χ3v) is 8.36. The molecule has 2 N–H and O–H groups in total. The van der Waals surface area contributed by atoms with Gasteiger partial charge in [-0.05, 0) is 93.6 Å². The van der Waals surface area contributed by atoms with Crippen molar-refractivity contribution in [3.8, 4) is 11.1 Å². The minimum Gasteiger partial charge on any atom is -0.396 e. The minimum atomic E-state index is -0.500. The molecule has 1 aliphatic heterocycles. The van der Waals surface area contributed by atoms with Crippen molar-refractivity contribution >= 4 is 60.9 Å². The van der Waals surface area contributed by atoms with Crippen molar-refractivity contribution in [3.05, 3.63) is 70.9 Å². The number of rotatable bonds is 5. The van der Waals surface area contributed by atoms with Gasteiger partial charge in [-0.25, -0.2) is 9.78 Å². The number of benzene rings is 3. The van der Waals surface area contributed by atoms with Gasteiger partial charge in [-0.15, -0.1) is 0 Å². The van der Waals surface area contributed by atoms with E-state index in [1.54, 1.807) is 25.7 Å². The molecule has 0 radical (unpaired) electrons. The number of aliphatic hydroxyl groups excluding tert-OH is 1. The second kappa shape index (κ2) is 12.0. The number of fused-ring (bicyclic) bond motifs is 2. The van der Waals surface area contributed by atoms with E-state index in [0.29, 0.717) is 29.7 Å². The van der Waals surface area contributed by atoms with Crippen molar-refractivity contribution < 1.29 is 15.0 Å². The lowest BCUT2D eigenvalue weighted by Gasteiger charge is -2.34. The number of aryl methyl sites for hydroxylation is 2. The number of anilines is 2. The Hall–Kier alpha value is -3.50. The van der Waals surface area contributed by atoms with Crippen LogP contribution in [0.15, 0.2) is 54.7 Å². The molecular weight excluding hydrogens is 570 g/mol. The molecule has 220 valence electrons. The van der Waals surface area contributed by atoms with Crippen molar-refractivity contribution in [2.45, 2.75) is 46.1 Å². The van der Waals surface area contributed by atoms with Crippen molar-refractivity contribution in [3.63, 3.8) is 0 Å². The van der Waals surface area contributed by atoms with Gasteiger partial charge < -0.3 is 10.2 Å². The number of aliphatic hydroxyl groups is 2. The van der Waals surface area contributed by atoms with E-state index >= 15 is 0 Å². The average molecular weight is 606 g/mol. The first kappa shape index (κ1) is 30.0. The Balaban J connectivity index is 0.000000652. The van der Waals surface area contributed by atoms with Gasteiger partial charge in [0.15, 0.2) is 5.13 Å². The smallest absolute Gasteiger partial charge is 0.330 e. The third kappa shape index (κ3) is 6.29. The molecule has 8 nitrogen and oxygen atoms in total. The van der Waals surface area contributed by atoms with Crippen LogP contribution in [0.2, 0.25) is 5.02 Å². The second-order valence-electron chi connectivity index (χ2n) is 11.5. The highest BCUT2D eigenvalue weighted by atomic mass is 35.5. The number of amides is 2. The summed E-state index contributed by atoms with van der Waals surface area (Å²) < 4.78 is 2.84. The van der Waals surface area contributed by atoms with Crippen molar-refractivity contribution in [1.82, 2.24) is 14.8 Å². The van der Waals surface area contributed by atoms with Gasteiger partial charge >= 0.3 is 6.03 Å². The fourth-order valence-electron chi connectivity index (χ4n) is 5.15. The topological polar surface area (TPSA) is 94.7 Å². The summed E-state index contributed by atoms with van der Waals surface area (Å²) in [7, 11) is 1.91. The Bertz CT molecular complexity index is 1730. The molecule has 1 saturated heterocycles. The zero-order chi connectivity index (χ0) is 30.2. The van der Waals surface area contributed by atoms with E-state index in [9.17, 15) is 9.90 Å². The van der Waals surface area contributed by atoms with E-state index < -0.39 is 5.60 Å². The molecule has 6 rings (SSSR count). The lowest BCUT2D eigenvalue weighted by molar-refractivity contribution is 0.102. The van der Waals surface area contributed by atoms with E-state index in [-0.39, 0.29) is 12.6 Å². The van der Waals surface area contributed by atoms with Crippen molar-refractivity contribution in [2.24, 2.45) is 7.05 Å². The molecule has 1 aliphatic rings. The van der Waals surface area contributed by atoms with Crippen LogP contribution in [0.3, 0.4) is 0 Å². The molecule has 0 bridgehead atoms. The first-order valence-corrected chi connectivity index (χ1v) is 15.2. The molecule has 42 heavy (non-hydrogen) atoms. The number of halogens is 1. The highest BCUT2D eigenvalue weighted by Crippen LogP contribution is 2.41. The Kier molecular flexibility index (Phi) is 8.57. The van der Waals surface area contributed by atoms with Crippen LogP contribution in [0.4, 0.5) is 15.6 Å². The maximum atomic E-state index is 13.7. The summed E-state index contributed by atoms with van der Waals surface area (Å²) >= 11 is 7.69. The Morgan fingerprint density at radius 3 is 2.43 bits per heavy atom. The molecule has 0 spiro atoms. The van der Waals surface area contributed by atoms with E-state index in [4.69, 9.17) is 21.7 Å². The predicted molar refractivity (Wildman–Crippen MR) is 173 cm³/mol. The molecule has 3 aromatic carbocycles. The average Bonchev–Trinajstić information content (AvgIpc) is 3.52. The third-order valence-electron chi connectivity index (χ3n) is 6.99. The Morgan fingerprint density at radius 1 is 1.05 bits per heavy atom. The molecule has 0 atom stereocenters. The van der Waals surface area contributed by atoms with Gasteiger partial charge in [0.05, 0.1) is 27.5 Å². The first-order chi connectivity index (χ1) is 19.9. The summed E-state index contributed by atoms with van der Waals surface area (Å²) in [5.41, 5.74) is 6.47. The summed E-state index contributed by atoms with van der Waals surface area (Å²) in [4.78, 5) is 22.3. The fourth-order valence-corrected chi connectivity index (χ4v) is 6.44. The van der Waals surface area contributed by atoms with E-state index in [1.165, 1.54) is 11.3 Å². The number of nitrogens with zero attached hydrogens (tertiary/aromatic N) is 5. The quantitative estimate of drug-likeness (QED) is 0.226. The summed E-state index contributed by atoms with van der Waals surface area (Å²) in [5, 5.41) is 25.0. The summed E-state index contributed by atoms with van der Waals surface area (Å²) in [5.74, 6) is 0. The number of hydrogen-bond donors (Lipinski definition) is 2. The van der Waals surface area contributed by atoms with Gasteiger partial charge in [0.1, 0.15) is 0 Å². The highest BCUT2D eigenvalue weighted by Gasteiger charge is 2.31. The largest absolute Gasteiger partial charge is 0.396 e. The maximum Gasteiger partial charge on any atom is 0.330 e. The van der Waals surface area contributed by atoms with Gasteiger partial charge in [-0.2, -0.15) is 5.10 Å². The number of carbonyl (C=O) groups is 1. The number of carbonyl (C=O) groups excluding carboxylic acids is 1. The van der Waals surface area contributed by atoms with Gasteiger partial charge in [-0.1, -0.05) is 35.1 Å². The minimum absolute atomic E-state index is 0.0550. The zero-order valence-electron chi connectivity index (χ0n) is 24.6. The predicted octanol–water partition coefficient (Wildman–Crippen LogP) is 6.96. The van der Waals surface area contributed by atoms with E-state index in [2.05, 4.69) is 11.2 Å². The van der Waals surface area contributed by atoms with E-state index in [1.807, 2.05) is 72.2 Å². The summed E-state index contributed by atoms with van der Waals surface area (Å²) in [6, 6.07) is 15.7. The van der Waals surface area contributed by atoms with Gasteiger partial charge in [0.2, 0.25) is 0 Å². The normalized spacial score (nSPS) is 14.0. The van der Waals surface area contributed by atoms with Crippen LogP contribution >= 0.6 is 22.9 Å². The van der Waals surface area contributed by atoms with Crippen LogP contribution in [0.5, 0.6) is 0 Å². The SMILES string of the molecule is CC(C)(C)O.Cc1cc2nc(N3CCCN(c4ccc5c(cnn5C)c4)C3=O)sc2c(-c2ccc(Cl)cc2)c1CCO. The molecule has 0 saturated carbocycles. The molecule has 2 aromatic heterocycles. The van der Waals surface area contributed by atoms with Crippen LogP contribution in [0.25, 0.3) is 32.2 Å². The molecular formula is C32H36ClN5O3S. The second-order valence-corrected chi connectivity index (χ2v) is 12.9. The number of hydrogen-bond acceptors (Lipinski definition) is 6. The monoisotopic (exact) mass is 605 g/mol. The summed E-state index contributed by atoms with van der Waals surface area (Å²) in [6.07, 6.45) is 3.20. The standard InChI is InChI=1S/C28H26ClN5O2S.C4H10O/c1-17-14-23-26(25(22(17)10-13-35)18-4-6-20(29)7-5-18)37-27(31-23)34-12-3-11-33(28(34)36)21-8-9-24-19(15-21)16-30-32(24)2;1-4(2,3)5/h4-9,14-16,35H,3,10-13H2,1-2H3;5H,1-3H3. The fraction of sp³-hybridized carbons (Fsp3) is 0.344. The molecule has 5 aromatic rings. The Morgan fingerprint density at radius 2 is 1.74 bits per heavy atom. The lowest BCUT2D eigenvalue weighted by atomic mass is 9.93. The summed E-state index contributed by atoms with van der Waals surface area (Å²) in [6.45, 7) is 8.60. The molecule has 2 amide bonds. The van der Waals surface area contributed by atoms with Crippen molar-refractivity contribution in [1.29, 1.82) is 0 Å². The zero-order valence-corrected chi connectivity index (χ0v) is 26.1. The molecule has 10 heteroatoms. The van der Waals surface area contributed by atoms with Gasteiger partial charge in [-0.3, -0.25) is 14.5 Å². The van der Waals surface area contributed by atoms with Gasteiger partial charge in [0.25, 0.3) is 0 Å². The molecule has 0 aliphatic carbocycles. The first-order valence-electron chi connectivity index (χ1n) is 14.0. The Labute approximate surface area is 254 Å². The maximum absolute atomic E-state index is 13.7. The van der Waals surface area contributed by atoms with Crippen LogP contribution < -0.4 is 9.80 Å². The van der Waals surface area contributed by atoms with Crippen molar-refractivity contribution in [2.75, 3.05) is 29.5 Å². The highest BCUT2D eigenvalue weighted by molar-refractivity contribution is 7.23. The number of thiazole rings is 1. The molecule has 0 unspecified atom stereocenters. The number of urea groups is 1. The van der Waals surface area contributed by atoms with Gasteiger partial charge in [0, 0.05) is 48.4 Å². The molecule has 1 fully saturated rings. The van der Waals surface area contributed by atoms with Crippen LogP contribution in [0.1, 0.15) is 38.3 Å².